The number of rotatable bonds is 2. The van der Waals surface area contributed by atoms with E-state index in [0.29, 0.717) is 12.4 Å². The van der Waals surface area contributed by atoms with Gasteiger partial charge in [-0.1, -0.05) is 0 Å². The first-order chi connectivity index (χ1) is 6.79. The third kappa shape index (κ3) is 1.63. The van der Waals surface area contributed by atoms with Crippen molar-refractivity contribution in [3.05, 3.63) is 17.8 Å². The highest BCUT2D eigenvalue weighted by atomic mass is 16.5. The van der Waals surface area contributed by atoms with Crippen LogP contribution in [0.1, 0.15) is 41.6 Å². The average molecular weight is 197 g/mol. The molecule has 1 aromatic rings. The summed E-state index contributed by atoms with van der Waals surface area (Å²) in [5.74, 6) is -0.722. The number of carboxylic acid groups (broad SMARTS) is 1. The average Bonchev–Trinajstić information content (AvgIpc) is 2.67. The number of aromatic nitrogens is 1. The Bertz CT molecular complexity index is 327. The Kier molecular flexibility index (Phi) is 2.49. The quantitative estimate of drug-likeness (QED) is 0.779. The largest absolute Gasteiger partial charge is 0.476 e. The van der Waals surface area contributed by atoms with Crippen molar-refractivity contribution >= 4 is 5.97 Å². The van der Waals surface area contributed by atoms with Crippen LogP contribution in [-0.2, 0) is 4.74 Å². The summed E-state index contributed by atoms with van der Waals surface area (Å²) in [6.07, 6.45) is 3.77. The van der Waals surface area contributed by atoms with Crippen molar-refractivity contribution in [1.82, 2.24) is 4.98 Å². The van der Waals surface area contributed by atoms with Crippen LogP contribution >= 0.6 is 0 Å². The van der Waals surface area contributed by atoms with Crippen LogP contribution in [-0.4, -0.2) is 22.7 Å². The van der Waals surface area contributed by atoms with E-state index in [1.807, 2.05) is 0 Å². The Morgan fingerprint density at radius 3 is 3.07 bits per heavy atom. The number of oxazole rings is 1. The SMILES string of the molecule is O=C(O)c1ncoc1C1CCCCO1. The smallest absolute Gasteiger partial charge is 0.358 e. The summed E-state index contributed by atoms with van der Waals surface area (Å²) in [4.78, 5) is 14.4. The van der Waals surface area contributed by atoms with E-state index in [2.05, 4.69) is 4.98 Å². The third-order valence-electron chi connectivity index (χ3n) is 2.27. The van der Waals surface area contributed by atoms with Crippen molar-refractivity contribution in [2.75, 3.05) is 6.61 Å². The molecule has 0 aromatic carbocycles. The second kappa shape index (κ2) is 3.79. The number of nitrogens with zero attached hydrogens (tertiary/aromatic N) is 1. The highest BCUT2D eigenvalue weighted by Gasteiger charge is 2.26. The molecule has 14 heavy (non-hydrogen) atoms. The second-order valence-corrected chi connectivity index (χ2v) is 3.23. The van der Waals surface area contributed by atoms with Crippen molar-refractivity contribution in [3.63, 3.8) is 0 Å². The van der Waals surface area contributed by atoms with Gasteiger partial charge in [-0.2, -0.15) is 0 Å². The van der Waals surface area contributed by atoms with Gasteiger partial charge < -0.3 is 14.3 Å². The molecule has 1 fully saturated rings. The number of aromatic carboxylic acids is 1. The van der Waals surface area contributed by atoms with Crippen LogP contribution in [0.2, 0.25) is 0 Å². The lowest BCUT2D eigenvalue weighted by Gasteiger charge is -2.20. The van der Waals surface area contributed by atoms with E-state index < -0.39 is 5.97 Å². The minimum Gasteiger partial charge on any atom is -0.476 e. The molecule has 0 amide bonds. The van der Waals surface area contributed by atoms with E-state index in [9.17, 15) is 4.79 Å². The molecular formula is C9H11NO4. The molecule has 76 valence electrons. The molecule has 1 N–H and O–H groups in total. The van der Waals surface area contributed by atoms with Crippen LogP contribution in [0.25, 0.3) is 0 Å². The summed E-state index contributed by atoms with van der Waals surface area (Å²) in [6, 6.07) is 0. The van der Waals surface area contributed by atoms with Gasteiger partial charge in [0.25, 0.3) is 0 Å². The molecule has 1 atom stereocenters. The minimum atomic E-state index is -1.07. The lowest BCUT2D eigenvalue weighted by atomic mass is 10.1. The zero-order valence-electron chi connectivity index (χ0n) is 7.60. The van der Waals surface area contributed by atoms with Crippen LogP contribution in [0.4, 0.5) is 0 Å². The van der Waals surface area contributed by atoms with Crippen LogP contribution in [0, 0.1) is 0 Å². The Labute approximate surface area is 80.7 Å². The number of hydrogen-bond acceptors (Lipinski definition) is 4. The maximum atomic E-state index is 10.7. The molecule has 1 aliphatic heterocycles. The molecule has 0 radical (unpaired) electrons. The standard InChI is InChI=1S/C9H11NO4/c11-9(12)7-8(14-5-10-7)6-3-1-2-4-13-6/h5-6H,1-4H2,(H,11,12). The second-order valence-electron chi connectivity index (χ2n) is 3.23. The number of carboxylic acids is 1. The fourth-order valence-corrected chi connectivity index (χ4v) is 1.59. The highest BCUT2D eigenvalue weighted by molar-refractivity contribution is 5.86. The van der Waals surface area contributed by atoms with E-state index in [-0.39, 0.29) is 11.8 Å². The Morgan fingerprint density at radius 2 is 2.43 bits per heavy atom. The van der Waals surface area contributed by atoms with Crippen LogP contribution < -0.4 is 0 Å². The van der Waals surface area contributed by atoms with Crippen LogP contribution in [0.15, 0.2) is 10.8 Å². The van der Waals surface area contributed by atoms with Gasteiger partial charge in [-0.15, -0.1) is 0 Å². The Hall–Kier alpha value is -1.36. The number of carbonyl (C=O) groups is 1. The molecule has 0 spiro atoms. The summed E-state index contributed by atoms with van der Waals surface area (Å²) >= 11 is 0. The normalized spacial score (nSPS) is 22.1. The summed E-state index contributed by atoms with van der Waals surface area (Å²) < 4.78 is 10.5. The minimum absolute atomic E-state index is 0.0306. The van der Waals surface area contributed by atoms with Crippen molar-refractivity contribution < 1.29 is 19.1 Å². The van der Waals surface area contributed by atoms with Crippen LogP contribution in [0.5, 0.6) is 0 Å². The third-order valence-corrected chi connectivity index (χ3v) is 2.27. The maximum absolute atomic E-state index is 10.7. The molecule has 1 aromatic heterocycles. The maximum Gasteiger partial charge on any atom is 0.358 e. The van der Waals surface area contributed by atoms with E-state index in [4.69, 9.17) is 14.3 Å². The topological polar surface area (TPSA) is 72.6 Å². The van der Waals surface area contributed by atoms with E-state index in [1.54, 1.807) is 0 Å². The molecule has 0 saturated carbocycles. The fourth-order valence-electron chi connectivity index (χ4n) is 1.59. The molecular weight excluding hydrogens is 186 g/mol. The van der Waals surface area contributed by atoms with E-state index in [0.717, 1.165) is 25.7 Å². The van der Waals surface area contributed by atoms with Gasteiger partial charge in [0.15, 0.2) is 17.8 Å². The summed E-state index contributed by atoms with van der Waals surface area (Å²) in [6.45, 7) is 0.657. The van der Waals surface area contributed by atoms with Gasteiger partial charge in [0.2, 0.25) is 0 Å². The van der Waals surface area contributed by atoms with Gasteiger partial charge in [0.05, 0.1) is 0 Å². The lowest BCUT2D eigenvalue weighted by molar-refractivity contribution is 0.000757. The molecule has 2 heterocycles. The zero-order chi connectivity index (χ0) is 9.97. The fraction of sp³-hybridized carbons (Fsp3) is 0.556. The monoisotopic (exact) mass is 197 g/mol. The highest BCUT2D eigenvalue weighted by Crippen LogP contribution is 2.29. The molecule has 5 heteroatoms. The first-order valence-electron chi connectivity index (χ1n) is 4.57. The van der Waals surface area contributed by atoms with Gasteiger partial charge >= 0.3 is 5.97 Å². The van der Waals surface area contributed by atoms with Gasteiger partial charge in [-0.05, 0) is 19.3 Å². The van der Waals surface area contributed by atoms with Gasteiger partial charge in [-0.25, -0.2) is 9.78 Å². The van der Waals surface area contributed by atoms with Gasteiger partial charge in [0.1, 0.15) is 6.10 Å². The molecule has 0 bridgehead atoms. The number of ether oxygens (including phenoxy) is 1. The predicted molar refractivity (Wildman–Crippen MR) is 46.0 cm³/mol. The van der Waals surface area contributed by atoms with E-state index in [1.165, 1.54) is 0 Å². The van der Waals surface area contributed by atoms with E-state index >= 15 is 0 Å². The molecule has 2 rings (SSSR count). The molecule has 0 aliphatic carbocycles. The van der Waals surface area contributed by atoms with Crippen LogP contribution in [0.3, 0.4) is 0 Å². The van der Waals surface area contributed by atoms with Crippen molar-refractivity contribution in [2.24, 2.45) is 0 Å². The molecule has 1 unspecified atom stereocenters. The zero-order valence-corrected chi connectivity index (χ0v) is 7.60. The first kappa shape index (κ1) is 9.21. The summed E-state index contributed by atoms with van der Waals surface area (Å²) in [5, 5.41) is 8.81. The van der Waals surface area contributed by atoms with Crippen molar-refractivity contribution in [3.8, 4) is 0 Å². The lowest BCUT2D eigenvalue weighted by Crippen LogP contribution is -2.14. The number of hydrogen-bond donors (Lipinski definition) is 1. The van der Waals surface area contributed by atoms with Gasteiger partial charge in [-0.3, -0.25) is 0 Å². The molecule has 1 aliphatic rings. The predicted octanol–water partition coefficient (Wildman–Crippen LogP) is 1.61. The van der Waals surface area contributed by atoms with Crippen molar-refractivity contribution in [1.29, 1.82) is 0 Å². The summed E-state index contributed by atoms with van der Waals surface area (Å²) in [7, 11) is 0. The Morgan fingerprint density at radius 1 is 1.57 bits per heavy atom. The van der Waals surface area contributed by atoms with Crippen molar-refractivity contribution in [2.45, 2.75) is 25.4 Å². The summed E-state index contributed by atoms with van der Waals surface area (Å²) in [5.41, 5.74) is -0.0306. The first-order valence-corrected chi connectivity index (χ1v) is 4.57. The van der Waals surface area contributed by atoms with Gasteiger partial charge in [0, 0.05) is 6.61 Å². The molecule has 1 saturated heterocycles. The molecule has 5 nitrogen and oxygen atoms in total. The Balaban J connectivity index is 2.21.